The number of carboxylic acid groups (broad SMARTS) is 1. The Kier molecular flexibility index (Phi) is 5.54. The lowest BCUT2D eigenvalue weighted by molar-refractivity contribution is -0.141. The van der Waals surface area contributed by atoms with Crippen molar-refractivity contribution in [2.75, 3.05) is 13.1 Å². The third-order valence-corrected chi connectivity index (χ3v) is 2.97. The lowest BCUT2D eigenvalue weighted by Crippen LogP contribution is -2.47. The van der Waals surface area contributed by atoms with Crippen LogP contribution in [0.15, 0.2) is 0 Å². The Morgan fingerprint density at radius 1 is 1.29 bits per heavy atom. The molecule has 8 nitrogen and oxygen atoms in total. The van der Waals surface area contributed by atoms with Gasteiger partial charge >= 0.3 is 12.0 Å². The summed E-state index contributed by atoms with van der Waals surface area (Å²) >= 11 is 0. The number of rotatable bonds is 4. The lowest BCUT2D eigenvalue weighted by Gasteiger charge is -2.22. The molecule has 8 heteroatoms. The van der Waals surface area contributed by atoms with Gasteiger partial charge in [-0.2, -0.15) is 0 Å². The molecule has 0 aliphatic carbocycles. The van der Waals surface area contributed by atoms with Crippen LogP contribution in [0.2, 0.25) is 0 Å². The first-order valence-electron chi connectivity index (χ1n) is 6.86. The maximum absolute atomic E-state index is 11.9. The van der Waals surface area contributed by atoms with Gasteiger partial charge in [0.2, 0.25) is 5.91 Å². The summed E-state index contributed by atoms with van der Waals surface area (Å²) in [4.78, 5) is 35.5. The van der Waals surface area contributed by atoms with E-state index in [1.165, 1.54) is 0 Å². The molecular formula is C13H23N3O5. The molecule has 1 heterocycles. The van der Waals surface area contributed by atoms with Crippen LogP contribution in [0.5, 0.6) is 0 Å². The molecule has 0 radical (unpaired) electrons. The number of nitrogens with one attached hydrogen (secondary N) is 2. The monoisotopic (exact) mass is 301 g/mol. The highest BCUT2D eigenvalue weighted by molar-refractivity contribution is 5.84. The summed E-state index contributed by atoms with van der Waals surface area (Å²) in [5.74, 6) is -1.34. The maximum Gasteiger partial charge on any atom is 0.326 e. The van der Waals surface area contributed by atoms with Crippen molar-refractivity contribution in [3.05, 3.63) is 0 Å². The van der Waals surface area contributed by atoms with E-state index in [9.17, 15) is 19.5 Å². The van der Waals surface area contributed by atoms with E-state index >= 15 is 0 Å². The number of likely N-dealkylation sites (tertiary alicyclic amines) is 1. The first-order valence-corrected chi connectivity index (χ1v) is 6.86. The fourth-order valence-corrected chi connectivity index (χ4v) is 2.14. The zero-order chi connectivity index (χ0) is 16.2. The number of aliphatic carboxylic acids is 1. The Morgan fingerprint density at radius 3 is 2.43 bits per heavy atom. The maximum atomic E-state index is 11.9. The van der Waals surface area contributed by atoms with Crippen LogP contribution in [0.1, 0.15) is 33.6 Å². The van der Waals surface area contributed by atoms with Gasteiger partial charge < -0.3 is 25.7 Å². The molecule has 21 heavy (non-hydrogen) atoms. The van der Waals surface area contributed by atoms with Crippen LogP contribution in [0, 0.1) is 0 Å². The quantitative estimate of drug-likeness (QED) is 0.559. The van der Waals surface area contributed by atoms with Crippen LogP contribution >= 0.6 is 0 Å². The van der Waals surface area contributed by atoms with Crippen molar-refractivity contribution in [1.29, 1.82) is 0 Å². The standard InChI is InChI=1S/C13H23N3O5/c1-13(2,3)15-10(18)4-5-14-12(21)16-7-8(17)6-9(16)11(19)20/h8-9,17H,4-7H2,1-3H3,(H,14,21)(H,15,18)(H,19,20)/t8-,9-/m1/s1. The molecule has 0 unspecified atom stereocenters. The predicted octanol–water partition coefficient (Wildman–Crippen LogP) is -0.479. The Morgan fingerprint density at radius 2 is 1.90 bits per heavy atom. The molecule has 1 fully saturated rings. The minimum Gasteiger partial charge on any atom is -0.480 e. The topological polar surface area (TPSA) is 119 Å². The van der Waals surface area contributed by atoms with Crippen LogP contribution in [0.4, 0.5) is 4.79 Å². The lowest BCUT2D eigenvalue weighted by atomic mass is 10.1. The van der Waals surface area contributed by atoms with Crippen LogP contribution < -0.4 is 10.6 Å². The first kappa shape index (κ1) is 17.2. The van der Waals surface area contributed by atoms with Gasteiger partial charge in [0.05, 0.1) is 6.10 Å². The largest absolute Gasteiger partial charge is 0.480 e. The SMILES string of the molecule is CC(C)(C)NC(=O)CCNC(=O)N1C[C@H](O)C[C@@H]1C(=O)O. The van der Waals surface area contributed by atoms with Gasteiger partial charge in [-0.3, -0.25) is 4.79 Å². The summed E-state index contributed by atoms with van der Waals surface area (Å²) in [6, 6.07) is -1.61. The Labute approximate surface area is 123 Å². The normalized spacial score (nSPS) is 22.0. The smallest absolute Gasteiger partial charge is 0.326 e. The molecule has 3 amide bonds. The number of hydrogen-bond acceptors (Lipinski definition) is 4. The number of nitrogens with zero attached hydrogens (tertiary/aromatic N) is 1. The third-order valence-electron chi connectivity index (χ3n) is 2.97. The fraction of sp³-hybridized carbons (Fsp3) is 0.769. The van der Waals surface area contributed by atoms with E-state index < -0.39 is 24.1 Å². The van der Waals surface area contributed by atoms with E-state index in [1.54, 1.807) is 0 Å². The van der Waals surface area contributed by atoms with Crippen LogP contribution in [0.3, 0.4) is 0 Å². The number of carboxylic acids is 1. The van der Waals surface area contributed by atoms with Gasteiger partial charge in [-0.15, -0.1) is 0 Å². The van der Waals surface area contributed by atoms with Gasteiger partial charge in [-0.05, 0) is 20.8 Å². The second-order valence-corrected chi connectivity index (χ2v) is 6.18. The van der Waals surface area contributed by atoms with Crippen molar-refractivity contribution in [1.82, 2.24) is 15.5 Å². The molecule has 0 aromatic heterocycles. The van der Waals surface area contributed by atoms with Crippen LogP contribution in [-0.4, -0.2) is 63.8 Å². The Balaban J connectivity index is 2.40. The molecule has 1 aliphatic heterocycles. The highest BCUT2D eigenvalue weighted by atomic mass is 16.4. The zero-order valence-corrected chi connectivity index (χ0v) is 12.5. The third kappa shape index (κ3) is 5.58. The van der Waals surface area contributed by atoms with E-state index in [2.05, 4.69) is 10.6 Å². The van der Waals surface area contributed by atoms with Gasteiger partial charge in [0, 0.05) is 31.5 Å². The second-order valence-electron chi connectivity index (χ2n) is 6.18. The predicted molar refractivity (Wildman–Crippen MR) is 74.7 cm³/mol. The number of urea groups is 1. The number of aliphatic hydroxyl groups excluding tert-OH is 1. The molecule has 120 valence electrons. The van der Waals surface area contributed by atoms with Crippen molar-refractivity contribution in [3.8, 4) is 0 Å². The van der Waals surface area contributed by atoms with Gasteiger partial charge in [0.25, 0.3) is 0 Å². The van der Waals surface area contributed by atoms with E-state index in [4.69, 9.17) is 5.11 Å². The van der Waals surface area contributed by atoms with Gasteiger partial charge in [0.1, 0.15) is 6.04 Å². The first-order chi connectivity index (χ1) is 9.60. The molecule has 0 aromatic rings. The molecule has 0 bridgehead atoms. The summed E-state index contributed by atoms with van der Waals surface area (Å²) in [5.41, 5.74) is -0.339. The molecule has 1 saturated heterocycles. The van der Waals surface area contributed by atoms with Crippen molar-refractivity contribution in [2.24, 2.45) is 0 Å². The molecular weight excluding hydrogens is 278 g/mol. The summed E-state index contributed by atoms with van der Waals surface area (Å²) < 4.78 is 0. The highest BCUT2D eigenvalue weighted by Crippen LogP contribution is 2.17. The van der Waals surface area contributed by atoms with E-state index in [-0.39, 0.29) is 37.4 Å². The van der Waals surface area contributed by atoms with E-state index in [0.29, 0.717) is 0 Å². The number of carbonyl (C=O) groups excluding carboxylic acids is 2. The van der Waals surface area contributed by atoms with Gasteiger partial charge in [-0.25, -0.2) is 9.59 Å². The minimum absolute atomic E-state index is 0.0169. The number of amides is 3. The van der Waals surface area contributed by atoms with Crippen molar-refractivity contribution in [3.63, 3.8) is 0 Å². The zero-order valence-electron chi connectivity index (χ0n) is 12.5. The summed E-state index contributed by atoms with van der Waals surface area (Å²) in [7, 11) is 0. The summed E-state index contributed by atoms with van der Waals surface area (Å²) in [6.07, 6.45) is -0.703. The molecule has 2 atom stereocenters. The number of aliphatic hydroxyl groups is 1. The number of carbonyl (C=O) groups is 3. The molecule has 1 rings (SSSR count). The number of β-amino-alcohol motifs (C(OH)–C–C–N with tert-alkyl or cyclic N) is 1. The van der Waals surface area contributed by atoms with Crippen molar-refractivity contribution < 1.29 is 24.6 Å². The van der Waals surface area contributed by atoms with Gasteiger partial charge in [-0.1, -0.05) is 0 Å². The van der Waals surface area contributed by atoms with E-state index in [0.717, 1.165) is 4.90 Å². The molecule has 4 N–H and O–H groups in total. The van der Waals surface area contributed by atoms with Gasteiger partial charge in [0.15, 0.2) is 0 Å². The highest BCUT2D eigenvalue weighted by Gasteiger charge is 2.38. The average molecular weight is 301 g/mol. The Bertz CT molecular complexity index is 419. The van der Waals surface area contributed by atoms with E-state index in [1.807, 2.05) is 20.8 Å². The Hall–Kier alpha value is -1.83. The molecule has 1 aliphatic rings. The number of hydrogen-bond donors (Lipinski definition) is 4. The second kappa shape index (κ2) is 6.75. The average Bonchev–Trinajstić information content (AvgIpc) is 2.69. The van der Waals surface area contributed by atoms with Crippen molar-refractivity contribution in [2.45, 2.75) is 51.3 Å². The van der Waals surface area contributed by atoms with Crippen LogP contribution in [0.25, 0.3) is 0 Å². The fourth-order valence-electron chi connectivity index (χ4n) is 2.14. The minimum atomic E-state index is -1.15. The van der Waals surface area contributed by atoms with Crippen molar-refractivity contribution >= 4 is 17.9 Å². The summed E-state index contributed by atoms with van der Waals surface area (Å²) in [6.45, 7) is 5.66. The molecule has 0 saturated carbocycles. The molecule has 0 spiro atoms. The molecule has 0 aromatic carbocycles. The van der Waals surface area contributed by atoms with Crippen LogP contribution in [-0.2, 0) is 9.59 Å². The summed E-state index contributed by atoms with van der Waals surface area (Å²) in [5, 5.41) is 23.7.